The van der Waals surface area contributed by atoms with Crippen LogP contribution in [0.2, 0.25) is 5.02 Å². The molecule has 0 saturated carbocycles. The number of hydrogen-bond acceptors (Lipinski definition) is 3. The Labute approximate surface area is 146 Å². The first-order chi connectivity index (χ1) is 11.4. The number of carbonyl (C=O) groups excluding carboxylic acids is 2. The molecular weight excluding hydrogens is 326 g/mol. The second kappa shape index (κ2) is 7.93. The summed E-state index contributed by atoms with van der Waals surface area (Å²) in [5.74, 6) is -0.274. The van der Waals surface area contributed by atoms with E-state index in [1.165, 1.54) is 12.3 Å². The molecule has 1 heterocycles. The molecule has 0 atom stereocenters. The maximum absolute atomic E-state index is 12.4. The summed E-state index contributed by atoms with van der Waals surface area (Å²) in [6.45, 7) is 6.39. The van der Waals surface area contributed by atoms with Crippen LogP contribution in [-0.4, -0.2) is 23.3 Å². The van der Waals surface area contributed by atoms with Crippen molar-refractivity contribution >= 4 is 29.1 Å². The van der Waals surface area contributed by atoms with Gasteiger partial charge < -0.3 is 10.6 Å². The predicted octanol–water partition coefficient (Wildman–Crippen LogP) is 3.68. The van der Waals surface area contributed by atoms with Crippen LogP contribution in [0.5, 0.6) is 0 Å². The van der Waals surface area contributed by atoms with E-state index in [-0.39, 0.29) is 17.5 Å². The first-order valence-electron chi connectivity index (χ1n) is 7.69. The number of halogens is 1. The van der Waals surface area contributed by atoms with Gasteiger partial charge in [0.15, 0.2) is 0 Å². The fraction of sp³-hybridized carbons (Fsp3) is 0.278. The van der Waals surface area contributed by atoms with Crippen molar-refractivity contribution in [2.24, 2.45) is 5.92 Å². The minimum atomic E-state index is -0.319. The Morgan fingerprint density at radius 3 is 2.67 bits per heavy atom. The van der Waals surface area contributed by atoms with Crippen LogP contribution in [0.3, 0.4) is 0 Å². The van der Waals surface area contributed by atoms with Gasteiger partial charge in [0, 0.05) is 29.0 Å². The number of pyridine rings is 1. The van der Waals surface area contributed by atoms with Crippen LogP contribution in [0.4, 0.5) is 5.69 Å². The van der Waals surface area contributed by atoms with Crippen molar-refractivity contribution in [2.75, 3.05) is 11.9 Å². The molecule has 0 aliphatic carbocycles. The number of hydrogen-bond donors (Lipinski definition) is 2. The Morgan fingerprint density at radius 1 is 1.21 bits per heavy atom. The zero-order valence-electron chi connectivity index (χ0n) is 13.9. The first kappa shape index (κ1) is 17.9. The van der Waals surface area contributed by atoms with Crippen molar-refractivity contribution in [3.63, 3.8) is 0 Å². The fourth-order valence-corrected chi connectivity index (χ4v) is 2.20. The van der Waals surface area contributed by atoms with Crippen molar-refractivity contribution in [1.29, 1.82) is 0 Å². The minimum Gasteiger partial charge on any atom is -0.350 e. The van der Waals surface area contributed by atoms with Crippen molar-refractivity contribution in [3.05, 3.63) is 58.4 Å². The number of anilines is 1. The Balaban J connectivity index is 2.14. The van der Waals surface area contributed by atoms with Gasteiger partial charge >= 0.3 is 0 Å². The standard InChI is InChI=1S/C18H20ClN3O2/c1-11(2)10-21-18(24)16-9-13(7-8-20-16)17(23)22-15-6-4-5-14(19)12(15)3/h4-9,11H,10H2,1-3H3,(H,21,24)(H,22,23). The highest BCUT2D eigenvalue weighted by atomic mass is 35.5. The molecule has 2 N–H and O–H groups in total. The highest BCUT2D eigenvalue weighted by molar-refractivity contribution is 6.31. The van der Waals surface area contributed by atoms with E-state index >= 15 is 0 Å². The number of aromatic nitrogens is 1. The molecule has 126 valence electrons. The summed E-state index contributed by atoms with van der Waals surface area (Å²) in [5, 5.41) is 6.16. The van der Waals surface area contributed by atoms with Gasteiger partial charge in [-0.15, -0.1) is 0 Å². The third-order valence-corrected chi connectivity index (χ3v) is 3.85. The van der Waals surface area contributed by atoms with Crippen molar-refractivity contribution in [1.82, 2.24) is 10.3 Å². The molecule has 0 bridgehead atoms. The lowest BCUT2D eigenvalue weighted by Crippen LogP contribution is -2.28. The summed E-state index contributed by atoms with van der Waals surface area (Å²) in [7, 11) is 0. The summed E-state index contributed by atoms with van der Waals surface area (Å²) in [5.41, 5.74) is 2.00. The molecule has 1 aromatic heterocycles. The van der Waals surface area contributed by atoms with Gasteiger partial charge in [-0.1, -0.05) is 31.5 Å². The Kier molecular flexibility index (Phi) is 5.93. The SMILES string of the molecule is Cc1c(Cl)cccc1NC(=O)c1ccnc(C(=O)NCC(C)C)c1. The van der Waals surface area contributed by atoms with Crippen LogP contribution in [0.25, 0.3) is 0 Å². The van der Waals surface area contributed by atoms with Gasteiger partial charge in [-0.05, 0) is 42.7 Å². The van der Waals surface area contributed by atoms with Crippen molar-refractivity contribution < 1.29 is 9.59 Å². The summed E-state index contributed by atoms with van der Waals surface area (Å²) in [6.07, 6.45) is 1.45. The quantitative estimate of drug-likeness (QED) is 0.868. The summed E-state index contributed by atoms with van der Waals surface area (Å²) in [6, 6.07) is 8.34. The molecule has 2 amide bonds. The molecule has 0 aliphatic rings. The maximum atomic E-state index is 12.4. The average molecular weight is 346 g/mol. The number of rotatable bonds is 5. The molecule has 5 nitrogen and oxygen atoms in total. The summed E-state index contributed by atoms with van der Waals surface area (Å²) in [4.78, 5) is 28.5. The molecule has 0 spiro atoms. The Morgan fingerprint density at radius 2 is 1.96 bits per heavy atom. The summed E-state index contributed by atoms with van der Waals surface area (Å²) >= 11 is 6.06. The number of amides is 2. The number of nitrogens with zero attached hydrogens (tertiary/aromatic N) is 1. The second-order valence-electron chi connectivity index (χ2n) is 5.90. The molecule has 6 heteroatoms. The lowest BCUT2D eigenvalue weighted by atomic mass is 10.1. The van der Waals surface area contributed by atoms with Gasteiger partial charge in [-0.25, -0.2) is 0 Å². The zero-order chi connectivity index (χ0) is 17.7. The first-order valence-corrected chi connectivity index (χ1v) is 8.07. The van der Waals surface area contributed by atoms with Crippen LogP contribution in [-0.2, 0) is 0 Å². The third kappa shape index (κ3) is 4.55. The highest BCUT2D eigenvalue weighted by Crippen LogP contribution is 2.23. The molecule has 1 aromatic carbocycles. The summed E-state index contributed by atoms with van der Waals surface area (Å²) < 4.78 is 0. The maximum Gasteiger partial charge on any atom is 0.269 e. The van der Waals surface area contributed by atoms with Gasteiger partial charge in [0.25, 0.3) is 11.8 Å². The molecule has 24 heavy (non-hydrogen) atoms. The number of nitrogens with one attached hydrogen (secondary N) is 2. The number of carbonyl (C=O) groups is 2. The van der Waals surface area contributed by atoms with E-state index in [1.54, 1.807) is 24.3 Å². The zero-order valence-corrected chi connectivity index (χ0v) is 14.6. The molecule has 2 aromatic rings. The smallest absolute Gasteiger partial charge is 0.269 e. The van der Waals surface area contributed by atoms with Gasteiger partial charge in [0.2, 0.25) is 0 Å². The van der Waals surface area contributed by atoms with E-state index in [2.05, 4.69) is 15.6 Å². The number of benzene rings is 1. The van der Waals surface area contributed by atoms with E-state index < -0.39 is 0 Å². The molecule has 0 aliphatic heterocycles. The van der Waals surface area contributed by atoms with E-state index in [9.17, 15) is 9.59 Å². The van der Waals surface area contributed by atoms with Crippen LogP contribution < -0.4 is 10.6 Å². The highest BCUT2D eigenvalue weighted by Gasteiger charge is 2.13. The molecule has 0 fully saturated rings. The average Bonchev–Trinajstić information content (AvgIpc) is 2.56. The van der Waals surface area contributed by atoms with Gasteiger partial charge in [-0.3, -0.25) is 14.6 Å². The molecule has 0 unspecified atom stereocenters. The fourth-order valence-electron chi connectivity index (χ4n) is 2.02. The van der Waals surface area contributed by atoms with E-state index in [4.69, 9.17) is 11.6 Å². The monoisotopic (exact) mass is 345 g/mol. The topological polar surface area (TPSA) is 71.1 Å². The van der Waals surface area contributed by atoms with Crippen LogP contribution >= 0.6 is 11.6 Å². The van der Waals surface area contributed by atoms with Gasteiger partial charge in [0.05, 0.1) is 0 Å². The lowest BCUT2D eigenvalue weighted by Gasteiger charge is -2.10. The van der Waals surface area contributed by atoms with E-state index in [0.29, 0.717) is 28.7 Å². The molecule has 0 radical (unpaired) electrons. The third-order valence-electron chi connectivity index (χ3n) is 3.44. The molecule has 0 saturated heterocycles. The van der Waals surface area contributed by atoms with Gasteiger partial charge in [0.1, 0.15) is 5.69 Å². The van der Waals surface area contributed by atoms with Crippen molar-refractivity contribution in [3.8, 4) is 0 Å². The van der Waals surface area contributed by atoms with E-state index in [1.807, 2.05) is 20.8 Å². The Hall–Kier alpha value is -2.40. The molecular formula is C18H20ClN3O2. The van der Waals surface area contributed by atoms with Crippen LogP contribution in [0.1, 0.15) is 40.3 Å². The van der Waals surface area contributed by atoms with Gasteiger partial charge in [-0.2, -0.15) is 0 Å². The predicted molar refractivity (Wildman–Crippen MR) is 95.6 cm³/mol. The lowest BCUT2D eigenvalue weighted by molar-refractivity contribution is 0.0944. The minimum absolute atomic E-state index is 0.214. The Bertz CT molecular complexity index is 760. The van der Waals surface area contributed by atoms with E-state index in [0.717, 1.165) is 5.56 Å². The molecule has 2 rings (SSSR count). The largest absolute Gasteiger partial charge is 0.350 e. The van der Waals surface area contributed by atoms with Crippen LogP contribution in [0, 0.1) is 12.8 Å². The normalized spacial score (nSPS) is 10.5. The second-order valence-corrected chi connectivity index (χ2v) is 6.31. The van der Waals surface area contributed by atoms with Crippen LogP contribution in [0.15, 0.2) is 36.5 Å². The van der Waals surface area contributed by atoms with Crippen molar-refractivity contribution in [2.45, 2.75) is 20.8 Å².